The number of urea groups is 1. The van der Waals surface area contributed by atoms with E-state index >= 15 is 0 Å². The van der Waals surface area contributed by atoms with Crippen LogP contribution in [0.15, 0.2) is 54.4 Å². The number of aromatic nitrogens is 1. The number of nitrogens with one attached hydrogen (secondary N) is 2. The number of thiophene rings is 1. The first-order valence-corrected chi connectivity index (χ1v) is 13.9. The van der Waals surface area contributed by atoms with Gasteiger partial charge in [0.05, 0.1) is 22.4 Å². The maximum absolute atomic E-state index is 13.5. The van der Waals surface area contributed by atoms with Crippen LogP contribution in [0.5, 0.6) is 5.75 Å². The number of rotatable bonds is 6. The second-order valence-corrected chi connectivity index (χ2v) is 10.9. The molecule has 7 nitrogen and oxygen atoms in total. The van der Waals surface area contributed by atoms with Crippen molar-refractivity contribution in [3.63, 3.8) is 0 Å². The lowest BCUT2D eigenvalue weighted by Gasteiger charge is -2.30. The number of aryl methyl sites for hydroxylation is 1. The van der Waals surface area contributed by atoms with Crippen molar-refractivity contribution in [1.29, 1.82) is 0 Å². The molecule has 1 aliphatic heterocycles. The minimum absolute atomic E-state index is 0.136. The third-order valence-corrected chi connectivity index (χ3v) is 8.54. The van der Waals surface area contributed by atoms with Crippen LogP contribution < -0.4 is 20.3 Å². The van der Waals surface area contributed by atoms with Gasteiger partial charge >= 0.3 is 6.03 Å². The Morgan fingerprint density at radius 3 is 2.84 bits per heavy atom. The molecule has 190 valence electrons. The Kier molecular flexibility index (Phi) is 6.20. The molecular formula is C29H30N4O3S. The summed E-state index contributed by atoms with van der Waals surface area (Å²) in [5.74, 6) is 1.83. The summed E-state index contributed by atoms with van der Waals surface area (Å²) >= 11 is 1.33. The third kappa shape index (κ3) is 4.29. The molecule has 0 radical (unpaired) electrons. The van der Waals surface area contributed by atoms with Crippen LogP contribution in [0, 0.1) is 12.8 Å². The average molecular weight is 515 g/mol. The molecule has 37 heavy (non-hydrogen) atoms. The quantitative estimate of drug-likeness (QED) is 0.364. The van der Waals surface area contributed by atoms with Gasteiger partial charge in [-0.1, -0.05) is 38.3 Å². The van der Waals surface area contributed by atoms with Gasteiger partial charge in [0, 0.05) is 18.2 Å². The first-order valence-electron chi connectivity index (χ1n) is 13.0. The lowest BCUT2D eigenvalue weighted by Crippen LogP contribution is -2.37. The Bertz CT molecular complexity index is 1450. The molecule has 0 spiro atoms. The molecule has 0 bridgehead atoms. The normalized spacial score (nSPS) is 19.2. The number of benzene rings is 1. The molecule has 1 aromatic carbocycles. The van der Waals surface area contributed by atoms with E-state index in [4.69, 9.17) is 4.74 Å². The minimum Gasteiger partial charge on any atom is -0.461 e. The van der Waals surface area contributed by atoms with E-state index in [2.05, 4.69) is 28.6 Å². The fourth-order valence-corrected chi connectivity index (χ4v) is 6.53. The summed E-state index contributed by atoms with van der Waals surface area (Å²) in [6, 6.07) is 7.49. The number of ether oxygens (including phenoxy) is 1. The molecule has 3 amide bonds. The Morgan fingerprint density at radius 1 is 1.22 bits per heavy atom. The Morgan fingerprint density at radius 2 is 2.05 bits per heavy atom. The molecule has 2 N–H and O–H groups in total. The second kappa shape index (κ2) is 9.67. The van der Waals surface area contributed by atoms with E-state index in [1.54, 1.807) is 11.1 Å². The minimum atomic E-state index is -0.296. The number of hydrogen-bond donors (Lipinski definition) is 2. The third-order valence-electron chi connectivity index (χ3n) is 7.45. The predicted molar refractivity (Wildman–Crippen MR) is 148 cm³/mol. The largest absolute Gasteiger partial charge is 0.461 e. The van der Waals surface area contributed by atoms with Crippen molar-refractivity contribution in [3.05, 3.63) is 64.9 Å². The fourth-order valence-electron chi connectivity index (χ4n) is 5.51. The SMILES string of the molecule is CCC1C=CC=C1Oc1ccc(N2C(=O)Nc3c(C(=O)NC4CCCCC4)sc4nccc2c34)c(C)c1. The molecule has 8 heteroatoms. The van der Waals surface area contributed by atoms with E-state index < -0.39 is 0 Å². The molecule has 6 rings (SSSR count). The number of amides is 3. The lowest BCUT2D eigenvalue weighted by atomic mass is 9.95. The Labute approximate surface area is 220 Å². The van der Waals surface area contributed by atoms with E-state index in [0.717, 1.165) is 70.8 Å². The molecule has 0 saturated heterocycles. The smallest absolute Gasteiger partial charge is 0.331 e. The highest BCUT2D eigenvalue weighted by Crippen LogP contribution is 2.46. The second-order valence-electron chi connectivity index (χ2n) is 9.91. The molecule has 1 saturated carbocycles. The van der Waals surface area contributed by atoms with Crippen molar-refractivity contribution >= 4 is 50.6 Å². The highest BCUT2D eigenvalue weighted by molar-refractivity contribution is 7.21. The van der Waals surface area contributed by atoms with Crippen LogP contribution in [0.25, 0.3) is 10.2 Å². The monoisotopic (exact) mass is 514 g/mol. The van der Waals surface area contributed by atoms with E-state index in [1.165, 1.54) is 17.8 Å². The topological polar surface area (TPSA) is 83.6 Å². The number of carbonyl (C=O) groups excluding carboxylic acids is 2. The lowest BCUT2D eigenvalue weighted by molar-refractivity contribution is 0.0932. The van der Waals surface area contributed by atoms with Gasteiger partial charge in [0.1, 0.15) is 21.2 Å². The Balaban J connectivity index is 1.32. The zero-order valence-electron chi connectivity index (χ0n) is 21.0. The van der Waals surface area contributed by atoms with Gasteiger partial charge in [-0.25, -0.2) is 9.78 Å². The van der Waals surface area contributed by atoms with Gasteiger partial charge in [0.2, 0.25) is 0 Å². The van der Waals surface area contributed by atoms with Crippen LogP contribution in [0.4, 0.5) is 21.9 Å². The van der Waals surface area contributed by atoms with Crippen LogP contribution >= 0.6 is 11.3 Å². The molecular weight excluding hydrogens is 484 g/mol. The highest BCUT2D eigenvalue weighted by Gasteiger charge is 2.34. The molecule has 2 aliphatic carbocycles. The number of nitrogens with zero attached hydrogens (tertiary/aromatic N) is 2. The molecule has 1 unspecified atom stereocenters. The summed E-state index contributed by atoms with van der Waals surface area (Å²) in [7, 11) is 0. The van der Waals surface area contributed by atoms with Crippen molar-refractivity contribution in [3.8, 4) is 5.75 Å². The predicted octanol–water partition coefficient (Wildman–Crippen LogP) is 7.21. The van der Waals surface area contributed by atoms with Gasteiger partial charge in [0.25, 0.3) is 5.91 Å². The molecule has 1 atom stereocenters. The van der Waals surface area contributed by atoms with Gasteiger partial charge in [-0.15, -0.1) is 11.3 Å². The van der Waals surface area contributed by atoms with Crippen LogP contribution in [0.3, 0.4) is 0 Å². The number of carbonyl (C=O) groups is 2. The summed E-state index contributed by atoms with van der Waals surface area (Å²) in [5.41, 5.74) is 2.95. The van der Waals surface area contributed by atoms with E-state index in [1.807, 2.05) is 43.3 Å². The molecule has 1 fully saturated rings. The van der Waals surface area contributed by atoms with Crippen LogP contribution in [0.1, 0.15) is 60.7 Å². The molecule has 2 aromatic heterocycles. The van der Waals surface area contributed by atoms with Crippen molar-refractivity contribution in [2.75, 3.05) is 10.2 Å². The summed E-state index contributed by atoms with van der Waals surface area (Å²) in [6.07, 6.45) is 14.4. The van der Waals surface area contributed by atoms with Gasteiger partial charge in [-0.2, -0.15) is 0 Å². The highest BCUT2D eigenvalue weighted by atomic mass is 32.1. The van der Waals surface area contributed by atoms with E-state index in [9.17, 15) is 9.59 Å². The maximum atomic E-state index is 13.5. The van der Waals surface area contributed by atoms with Crippen molar-refractivity contribution in [2.45, 2.75) is 58.4 Å². The summed E-state index contributed by atoms with van der Waals surface area (Å²) < 4.78 is 6.16. The first kappa shape index (κ1) is 23.7. The van der Waals surface area contributed by atoms with Gasteiger partial charge in [-0.3, -0.25) is 9.69 Å². The van der Waals surface area contributed by atoms with Crippen molar-refractivity contribution < 1.29 is 14.3 Å². The average Bonchev–Trinajstić information content (AvgIpc) is 3.50. The van der Waals surface area contributed by atoms with Crippen LogP contribution in [-0.4, -0.2) is 23.0 Å². The summed E-state index contributed by atoms with van der Waals surface area (Å²) in [4.78, 5) is 34.1. The fraction of sp³-hybridized carbons (Fsp3) is 0.345. The number of allylic oxidation sites excluding steroid dienone is 3. The van der Waals surface area contributed by atoms with Gasteiger partial charge in [-0.05, 0) is 62.1 Å². The van der Waals surface area contributed by atoms with E-state index in [-0.39, 0.29) is 18.0 Å². The molecule has 3 aromatic rings. The molecule has 3 aliphatic rings. The first-order chi connectivity index (χ1) is 18.0. The number of pyridine rings is 1. The van der Waals surface area contributed by atoms with Crippen molar-refractivity contribution in [2.24, 2.45) is 5.92 Å². The Hall–Kier alpha value is -3.65. The zero-order valence-corrected chi connectivity index (χ0v) is 21.9. The molecule has 3 heterocycles. The standard InChI is InChI=1S/C29H30N4O3S/c1-3-18-8-7-11-23(18)36-20-12-13-21(17(2)16-20)33-22-14-15-30-28-24(22)25(32-29(33)35)26(37-28)27(34)31-19-9-5-4-6-10-19/h7-8,11-16,18-19H,3-6,9-10H2,1-2H3,(H,31,34)(H,32,35). The van der Waals surface area contributed by atoms with Crippen molar-refractivity contribution in [1.82, 2.24) is 10.3 Å². The zero-order chi connectivity index (χ0) is 25.5. The van der Waals surface area contributed by atoms with E-state index in [0.29, 0.717) is 16.5 Å². The summed E-state index contributed by atoms with van der Waals surface area (Å²) in [5, 5.41) is 6.98. The van der Waals surface area contributed by atoms with Gasteiger partial charge in [0.15, 0.2) is 0 Å². The number of hydrogen-bond acceptors (Lipinski definition) is 5. The van der Waals surface area contributed by atoms with Crippen LogP contribution in [-0.2, 0) is 0 Å². The van der Waals surface area contributed by atoms with Crippen LogP contribution in [0.2, 0.25) is 0 Å². The summed E-state index contributed by atoms with van der Waals surface area (Å²) in [6.45, 7) is 4.11. The maximum Gasteiger partial charge on any atom is 0.331 e. The van der Waals surface area contributed by atoms with Gasteiger partial charge < -0.3 is 15.4 Å². The number of anilines is 3.